The molecule has 2 nitrogen and oxygen atoms in total. The molecule has 78 valence electrons. The number of halogens is 1. The molecule has 0 aromatic carbocycles. The number of hydrogen-bond donors (Lipinski definition) is 1. The molecule has 0 radical (unpaired) electrons. The zero-order valence-electron chi connectivity index (χ0n) is 8.29. The van der Waals surface area contributed by atoms with Crippen LogP contribution in [0.3, 0.4) is 0 Å². The second-order valence-corrected chi connectivity index (χ2v) is 4.22. The lowest BCUT2D eigenvalue weighted by atomic mass is 9.64. The van der Waals surface area contributed by atoms with E-state index < -0.39 is 0 Å². The Labute approximate surface area is 86.8 Å². The molecule has 3 heteroatoms. The molecular formula is C10H20ClNO. The number of rotatable bonds is 2. The highest BCUT2D eigenvalue weighted by Crippen LogP contribution is 2.43. The standard InChI is InChI=1S/C10H19NO.ClH/c1-12-7-9-5-8-6-11-4-2-3-10(8)9;/h8-11H,2-7H2,1H3;1H. The molecule has 1 aliphatic heterocycles. The minimum Gasteiger partial charge on any atom is -0.384 e. The SMILES string of the molecule is COCC1CC2CNCCCC21.Cl. The Morgan fingerprint density at radius 2 is 2.31 bits per heavy atom. The van der Waals surface area contributed by atoms with E-state index in [-0.39, 0.29) is 12.4 Å². The maximum absolute atomic E-state index is 5.22. The highest BCUT2D eigenvalue weighted by atomic mass is 35.5. The number of methoxy groups -OCH3 is 1. The Bertz CT molecular complexity index is 154. The fraction of sp³-hybridized carbons (Fsp3) is 1.00. The van der Waals surface area contributed by atoms with Gasteiger partial charge in [0.05, 0.1) is 0 Å². The van der Waals surface area contributed by atoms with Crippen LogP contribution in [0.15, 0.2) is 0 Å². The van der Waals surface area contributed by atoms with Gasteiger partial charge in [-0.1, -0.05) is 0 Å². The first-order valence-electron chi connectivity index (χ1n) is 5.11. The molecule has 1 heterocycles. The Morgan fingerprint density at radius 1 is 1.46 bits per heavy atom. The van der Waals surface area contributed by atoms with E-state index >= 15 is 0 Å². The highest BCUT2D eigenvalue weighted by Gasteiger charge is 2.40. The van der Waals surface area contributed by atoms with Crippen molar-refractivity contribution in [1.29, 1.82) is 0 Å². The van der Waals surface area contributed by atoms with Crippen LogP contribution in [-0.2, 0) is 4.74 Å². The second-order valence-electron chi connectivity index (χ2n) is 4.22. The van der Waals surface area contributed by atoms with E-state index in [1.54, 1.807) is 0 Å². The Hall–Kier alpha value is 0.210. The molecular weight excluding hydrogens is 186 g/mol. The maximum Gasteiger partial charge on any atom is 0.0493 e. The van der Waals surface area contributed by atoms with Crippen LogP contribution >= 0.6 is 12.4 Å². The van der Waals surface area contributed by atoms with Gasteiger partial charge in [0.1, 0.15) is 0 Å². The van der Waals surface area contributed by atoms with Crippen molar-refractivity contribution in [2.24, 2.45) is 17.8 Å². The van der Waals surface area contributed by atoms with Crippen molar-refractivity contribution >= 4 is 12.4 Å². The lowest BCUT2D eigenvalue weighted by Crippen LogP contribution is -2.42. The van der Waals surface area contributed by atoms with Gasteiger partial charge in [-0.15, -0.1) is 12.4 Å². The molecule has 3 unspecified atom stereocenters. The molecule has 0 aromatic rings. The average Bonchev–Trinajstić information content (AvgIpc) is 2.23. The van der Waals surface area contributed by atoms with Crippen molar-refractivity contribution < 1.29 is 4.74 Å². The summed E-state index contributed by atoms with van der Waals surface area (Å²) in [6.45, 7) is 3.47. The van der Waals surface area contributed by atoms with Crippen LogP contribution in [-0.4, -0.2) is 26.8 Å². The van der Waals surface area contributed by atoms with Gasteiger partial charge in [0.2, 0.25) is 0 Å². The first-order chi connectivity index (χ1) is 5.92. The van der Waals surface area contributed by atoms with Crippen LogP contribution in [0.2, 0.25) is 0 Å². The summed E-state index contributed by atoms with van der Waals surface area (Å²) in [5, 5.41) is 3.50. The molecule has 2 aliphatic rings. The molecule has 0 aromatic heterocycles. The fourth-order valence-electron chi connectivity index (χ4n) is 2.79. The summed E-state index contributed by atoms with van der Waals surface area (Å²) in [4.78, 5) is 0. The Morgan fingerprint density at radius 3 is 3.08 bits per heavy atom. The molecule has 1 N–H and O–H groups in total. The van der Waals surface area contributed by atoms with Crippen molar-refractivity contribution in [2.45, 2.75) is 19.3 Å². The molecule has 0 spiro atoms. The largest absolute Gasteiger partial charge is 0.384 e. The van der Waals surface area contributed by atoms with E-state index in [0.717, 1.165) is 24.4 Å². The van der Waals surface area contributed by atoms with Crippen LogP contribution in [0, 0.1) is 17.8 Å². The third kappa shape index (κ3) is 2.36. The van der Waals surface area contributed by atoms with Crippen molar-refractivity contribution in [1.82, 2.24) is 5.32 Å². The first-order valence-corrected chi connectivity index (χ1v) is 5.11. The van der Waals surface area contributed by atoms with Gasteiger partial charge in [-0.25, -0.2) is 0 Å². The number of ether oxygens (including phenoxy) is 1. The summed E-state index contributed by atoms with van der Waals surface area (Å²) in [5.74, 6) is 2.81. The Balaban J connectivity index is 0.000000845. The molecule has 0 amide bonds. The summed E-state index contributed by atoms with van der Waals surface area (Å²) < 4.78 is 5.22. The van der Waals surface area contributed by atoms with Crippen LogP contribution < -0.4 is 5.32 Å². The molecule has 3 atom stereocenters. The quantitative estimate of drug-likeness (QED) is 0.741. The van der Waals surface area contributed by atoms with Crippen molar-refractivity contribution in [2.75, 3.05) is 26.8 Å². The van der Waals surface area contributed by atoms with Crippen LogP contribution in [0.25, 0.3) is 0 Å². The van der Waals surface area contributed by atoms with Crippen molar-refractivity contribution in [3.63, 3.8) is 0 Å². The van der Waals surface area contributed by atoms with E-state index in [9.17, 15) is 0 Å². The molecule has 1 aliphatic carbocycles. The van der Waals surface area contributed by atoms with Crippen LogP contribution in [0.1, 0.15) is 19.3 Å². The Kier molecular flexibility index (Phi) is 4.50. The van der Waals surface area contributed by atoms with Gasteiger partial charge >= 0.3 is 0 Å². The van der Waals surface area contributed by atoms with E-state index in [2.05, 4.69) is 5.32 Å². The smallest absolute Gasteiger partial charge is 0.0493 e. The molecule has 2 fully saturated rings. The zero-order valence-corrected chi connectivity index (χ0v) is 9.11. The monoisotopic (exact) mass is 205 g/mol. The number of hydrogen-bond acceptors (Lipinski definition) is 2. The summed E-state index contributed by atoms with van der Waals surface area (Å²) in [6.07, 6.45) is 4.18. The minimum atomic E-state index is 0. The molecule has 13 heavy (non-hydrogen) atoms. The summed E-state index contributed by atoms with van der Waals surface area (Å²) in [5.41, 5.74) is 0. The highest BCUT2D eigenvalue weighted by molar-refractivity contribution is 5.85. The molecule has 1 saturated heterocycles. The summed E-state index contributed by atoms with van der Waals surface area (Å²) in [7, 11) is 1.82. The van der Waals surface area contributed by atoms with Gasteiger partial charge in [-0.05, 0) is 50.1 Å². The van der Waals surface area contributed by atoms with Gasteiger partial charge in [-0.2, -0.15) is 0 Å². The predicted molar refractivity (Wildman–Crippen MR) is 56.3 cm³/mol. The third-order valence-electron chi connectivity index (χ3n) is 3.49. The topological polar surface area (TPSA) is 21.3 Å². The lowest BCUT2D eigenvalue weighted by molar-refractivity contribution is 0.00664. The van der Waals surface area contributed by atoms with Gasteiger partial charge < -0.3 is 10.1 Å². The third-order valence-corrected chi connectivity index (χ3v) is 3.49. The van der Waals surface area contributed by atoms with Crippen molar-refractivity contribution in [3.05, 3.63) is 0 Å². The zero-order chi connectivity index (χ0) is 8.39. The van der Waals surface area contributed by atoms with E-state index in [1.165, 1.54) is 32.4 Å². The number of fused-ring (bicyclic) bond motifs is 1. The fourth-order valence-corrected chi connectivity index (χ4v) is 2.79. The maximum atomic E-state index is 5.22. The second kappa shape index (κ2) is 5.18. The summed E-state index contributed by atoms with van der Waals surface area (Å²) in [6, 6.07) is 0. The van der Waals surface area contributed by atoms with Crippen LogP contribution in [0.4, 0.5) is 0 Å². The first kappa shape index (κ1) is 11.3. The normalized spacial score (nSPS) is 38.1. The van der Waals surface area contributed by atoms with Gasteiger partial charge in [-0.3, -0.25) is 0 Å². The summed E-state index contributed by atoms with van der Waals surface area (Å²) >= 11 is 0. The number of nitrogens with one attached hydrogen (secondary N) is 1. The molecule has 2 rings (SSSR count). The molecule has 1 saturated carbocycles. The van der Waals surface area contributed by atoms with Gasteiger partial charge in [0.15, 0.2) is 0 Å². The average molecular weight is 206 g/mol. The van der Waals surface area contributed by atoms with Crippen molar-refractivity contribution in [3.8, 4) is 0 Å². The van der Waals surface area contributed by atoms with Crippen LogP contribution in [0.5, 0.6) is 0 Å². The van der Waals surface area contributed by atoms with E-state index in [1.807, 2.05) is 7.11 Å². The minimum absolute atomic E-state index is 0. The molecule has 0 bridgehead atoms. The van der Waals surface area contributed by atoms with Gasteiger partial charge in [0.25, 0.3) is 0 Å². The van der Waals surface area contributed by atoms with Gasteiger partial charge in [0, 0.05) is 13.7 Å². The van der Waals surface area contributed by atoms with E-state index in [0.29, 0.717) is 0 Å². The predicted octanol–water partition coefficient (Wildman–Crippen LogP) is 1.69. The van der Waals surface area contributed by atoms with E-state index in [4.69, 9.17) is 4.74 Å². The lowest BCUT2D eigenvalue weighted by Gasteiger charge is -2.43.